The molecule has 21 heavy (non-hydrogen) atoms. The number of benzene rings is 1. The minimum Gasteiger partial charge on any atom is -0.374 e. The summed E-state index contributed by atoms with van der Waals surface area (Å²) in [6.45, 7) is 4.59. The van der Waals surface area contributed by atoms with Crippen LogP contribution in [0.3, 0.4) is 0 Å². The largest absolute Gasteiger partial charge is 0.374 e. The Hall–Kier alpha value is -1.39. The van der Waals surface area contributed by atoms with E-state index in [-0.39, 0.29) is 24.0 Å². The second-order valence-corrected chi connectivity index (χ2v) is 6.17. The SMILES string of the molecule is CC(C)OCc1cccc(NC(=O)C2CCCC(N)C2)c1. The van der Waals surface area contributed by atoms with Gasteiger partial charge in [-0.3, -0.25) is 4.79 Å². The van der Waals surface area contributed by atoms with Crippen molar-refractivity contribution in [3.63, 3.8) is 0 Å². The van der Waals surface area contributed by atoms with Crippen LogP contribution >= 0.6 is 0 Å². The van der Waals surface area contributed by atoms with E-state index in [2.05, 4.69) is 5.32 Å². The molecule has 0 aromatic heterocycles. The van der Waals surface area contributed by atoms with Crippen molar-refractivity contribution in [1.29, 1.82) is 0 Å². The number of hydrogen-bond donors (Lipinski definition) is 2. The predicted octanol–water partition coefficient (Wildman–Crippen LogP) is 3.07. The second-order valence-electron chi connectivity index (χ2n) is 6.17. The third-order valence-electron chi connectivity index (χ3n) is 3.86. The van der Waals surface area contributed by atoms with Gasteiger partial charge in [0.25, 0.3) is 0 Å². The third-order valence-corrected chi connectivity index (χ3v) is 3.86. The summed E-state index contributed by atoms with van der Waals surface area (Å²) in [7, 11) is 0. The minimum atomic E-state index is 0.0457. The Labute approximate surface area is 127 Å². The highest BCUT2D eigenvalue weighted by Gasteiger charge is 2.25. The second kappa shape index (κ2) is 7.57. The maximum absolute atomic E-state index is 12.3. The summed E-state index contributed by atoms with van der Waals surface area (Å²) in [4.78, 5) is 12.3. The average Bonchev–Trinajstić information content (AvgIpc) is 2.45. The van der Waals surface area contributed by atoms with Gasteiger partial charge in [-0.15, -0.1) is 0 Å². The molecule has 1 aromatic rings. The normalized spacial score (nSPS) is 22.3. The summed E-state index contributed by atoms with van der Waals surface area (Å²) < 4.78 is 5.59. The summed E-state index contributed by atoms with van der Waals surface area (Å²) >= 11 is 0. The number of ether oxygens (including phenoxy) is 1. The lowest BCUT2D eigenvalue weighted by Crippen LogP contribution is -2.34. The molecule has 0 bridgehead atoms. The smallest absolute Gasteiger partial charge is 0.227 e. The molecule has 2 rings (SSSR count). The van der Waals surface area contributed by atoms with E-state index >= 15 is 0 Å². The maximum Gasteiger partial charge on any atom is 0.227 e. The molecular weight excluding hydrogens is 264 g/mol. The Morgan fingerprint density at radius 1 is 1.43 bits per heavy atom. The first-order valence-electron chi connectivity index (χ1n) is 7.81. The lowest BCUT2D eigenvalue weighted by atomic mass is 9.85. The van der Waals surface area contributed by atoms with Crippen molar-refractivity contribution in [2.75, 3.05) is 5.32 Å². The molecule has 116 valence electrons. The van der Waals surface area contributed by atoms with Gasteiger partial charge in [-0.25, -0.2) is 0 Å². The van der Waals surface area contributed by atoms with Crippen LogP contribution in [-0.4, -0.2) is 18.1 Å². The van der Waals surface area contributed by atoms with E-state index in [4.69, 9.17) is 10.5 Å². The van der Waals surface area contributed by atoms with Gasteiger partial charge in [-0.05, 0) is 50.8 Å². The zero-order chi connectivity index (χ0) is 15.2. The van der Waals surface area contributed by atoms with Crippen molar-refractivity contribution >= 4 is 11.6 Å². The number of amides is 1. The summed E-state index contributed by atoms with van der Waals surface area (Å²) in [5, 5.41) is 3.01. The van der Waals surface area contributed by atoms with E-state index in [1.807, 2.05) is 38.1 Å². The molecule has 3 N–H and O–H groups in total. The molecule has 2 atom stereocenters. The lowest BCUT2D eigenvalue weighted by molar-refractivity contribution is -0.120. The van der Waals surface area contributed by atoms with Gasteiger partial charge in [-0.2, -0.15) is 0 Å². The molecule has 0 heterocycles. The molecule has 1 amide bonds. The molecule has 2 unspecified atom stereocenters. The fourth-order valence-electron chi connectivity index (χ4n) is 2.71. The highest BCUT2D eigenvalue weighted by molar-refractivity contribution is 5.92. The molecule has 4 nitrogen and oxygen atoms in total. The topological polar surface area (TPSA) is 64.3 Å². The van der Waals surface area contributed by atoms with Crippen LogP contribution in [0.15, 0.2) is 24.3 Å². The number of anilines is 1. The average molecular weight is 290 g/mol. The Morgan fingerprint density at radius 3 is 2.95 bits per heavy atom. The van der Waals surface area contributed by atoms with Crippen LogP contribution in [0.2, 0.25) is 0 Å². The zero-order valence-corrected chi connectivity index (χ0v) is 13.0. The van der Waals surface area contributed by atoms with E-state index < -0.39 is 0 Å². The molecule has 1 aromatic carbocycles. The molecular formula is C17H26N2O2. The van der Waals surface area contributed by atoms with Crippen LogP contribution in [-0.2, 0) is 16.1 Å². The molecule has 0 radical (unpaired) electrons. The molecule has 1 aliphatic carbocycles. The molecule has 1 fully saturated rings. The summed E-state index contributed by atoms with van der Waals surface area (Å²) in [5.74, 6) is 0.136. The Bertz CT molecular complexity index is 474. The standard InChI is InChI=1S/C17H26N2O2/c1-12(2)21-11-13-5-3-8-16(9-13)19-17(20)14-6-4-7-15(18)10-14/h3,5,8-9,12,14-15H,4,6-7,10-11,18H2,1-2H3,(H,19,20). The van der Waals surface area contributed by atoms with Crippen molar-refractivity contribution in [3.8, 4) is 0 Å². The first-order chi connectivity index (χ1) is 10.0. The van der Waals surface area contributed by atoms with Crippen LogP contribution in [0.5, 0.6) is 0 Å². The Balaban J connectivity index is 1.92. The van der Waals surface area contributed by atoms with Crippen molar-refractivity contribution in [1.82, 2.24) is 0 Å². The van der Waals surface area contributed by atoms with Gasteiger partial charge in [0, 0.05) is 17.6 Å². The van der Waals surface area contributed by atoms with Gasteiger partial charge >= 0.3 is 0 Å². The van der Waals surface area contributed by atoms with Gasteiger partial charge < -0.3 is 15.8 Å². The minimum absolute atomic E-state index is 0.0457. The van der Waals surface area contributed by atoms with E-state index in [9.17, 15) is 4.79 Å². The number of nitrogens with two attached hydrogens (primary N) is 1. The number of carbonyl (C=O) groups excluding carboxylic acids is 1. The van der Waals surface area contributed by atoms with Crippen molar-refractivity contribution in [3.05, 3.63) is 29.8 Å². The van der Waals surface area contributed by atoms with E-state index in [0.717, 1.165) is 36.9 Å². The molecule has 0 spiro atoms. The molecule has 4 heteroatoms. The van der Waals surface area contributed by atoms with Crippen molar-refractivity contribution in [2.24, 2.45) is 11.7 Å². The molecule has 1 saturated carbocycles. The van der Waals surface area contributed by atoms with Crippen molar-refractivity contribution < 1.29 is 9.53 Å². The van der Waals surface area contributed by atoms with E-state index in [1.165, 1.54) is 0 Å². The first kappa shape index (κ1) is 16.0. The van der Waals surface area contributed by atoms with Gasteiger partial charge in [0.15, 0.2) is 0 Å². The molecule has 1 aliphatic rings. The number of nitrogens with one attached hydrogen (secondary N) is 1. The van der Waals surface area contributed by atoms with Crippen LogP contribution in [0.1, 0.15) is 45.1 Å². The van der Waals surface area contributed by atoms with Crippen molar-refractivity contribution in [2.45, 2.75) is 58.3 Å². The summed E-state index contributed by atoms with van der Waals surface area (Å²) in [6.07, 6.45) is 4.01. The summed E-state index contributed by atoms with van der Waals surface area (Å²) in [5.41, 5.74) is 7.86. The zero-order valence-electron chi connectivity index (χ0n) is 13.0. The molecule has 0 saturated heterocycles. The fraction of sp³-hybridized carbons (Fsp3) is 0.588. The van der Waals surface area contributed by atoms with E-state index in [0.29, 0.717) is 6.61 Å². The van der Waals surface area contributed by atoms with Gasteiger partial charge in [0.2, 0.25) is 5.91 Å². The summed E-state index contributed by atoms with van der Waals surface area (Å²) in [6, 6.07) is 8.01. The highest BCUT2D eigenvalue weighted by Crippen LogP contribution is 2.24. The predicted molar refractivity (Wildman–Crippen MR) is 84.9 cm³/mol. The molecule has 0 aliphatic heterocycles. The lowest BCUT2D eigenvalue weighted by Gasteiger charge is -2.25. The quantitative estimate of drug-likeness (QED) is 0.876. The monoisotopic (exact) mass is 290 g/mol. The van der Waals surface area contributed by atoms with Gasteiger partial charge in [0.05, 0.1) is 12.7 Å². The number of hydrogen-bond acceptors (Lipinski definition) is 3. The fourth-order valence-corrected chi connectivity index (χ4v) is 2.71. The van der Waals surface area contributed by atoms with Gasteiger partial charge in [0.1, 0.15) is 0 Å². The number of rotatable bonds is 5. The van der Waals surface area contributed by atoms with Crippen LogP contribution in [0.4, 0.5) is 5.69 Å². The van der Waals surface area contributed by atoms with Crippen LogP contribution in [0, 0.1) is 5.92 Å². The highest BCUT2D eigenvalue weighted by atomic mass is 16.5. The Morgan fingerprint density at radius 2 is 2.24 bits per heavy atom. The number of carbonyl (C=O) groups is 1. The Kier molecular flexibility index (Phi) is 5.76. The maximum atomic E-state index is 12.3. The third kappa shape index (κ3) is 5.14. The van der Waals surface area contributed by atoms with Crippen LogP contribution < -0.4 is 11.1 Å². The van der Waals surface area contributed by atoms with Crippen LogP contribution in [0.25, 0.3) is 0 Å². The van der Waals surface area contributed by atoms with E-state index in [1.54, 1.807) is 0 Å². The van der Waals surface area contributed by atoms with Gasteiger partial charge in [-0.1, -0.05) is 18.6 Å². The first-order valence-corrected chi connectivity index (χ1v) is 7.81.